The summed E-state index contributed by atoms with van der Waals surface area (Å²) in [7, 11) is 1.76. The number of alkyl halides is 3. The molecule has 2 rings (SSSR count). The molecule has 84 valence electrons. The summed E-state index contributed by atoms with van der Waals surface area (Å²) in [5.41, 5.74) is -0.783. The molecule has 0 bridgehead atoms. The maximum Gasteiger partial charge on any atom is 0.433 e. The minimum absolute atomic E-state index is 0.222. The van der Waals surface area contributed by atoms with E-state index in [-0.39, 0.29) is 6.04 Å². The third-order valence-corrected chi connectivity index (χ3v) is 2.66. The van der Waals surface area contributed by atoms with Gasteiger partial charge in [-0.1, -0.05) is 0 Å². The SMILES string of the molecule is CC1CN(C)C2=NC(C(F)(F)F)=CCN21. The molecule has 2 heterocycles. The summed E-state index contributed by atoms with van der Waals surface area (Å²) in [6, 6.07) is 0.222. The lowest BCUT2D eigenvalue weighted by Crippen LogP contribution is -2.38. The van der Waals surface area contributed by atoms with Gasteiger partial charge in [0, 0.05) is 26.2 Å². The van der Waals surface area contributed by atoms with Gasteiger partial charge in [-0.15, -0.1) is 0 Å². The van der Waals surface area contributed by atoms with Gasteiger partial charge in [0.2, 0.25) is 5.96 Å². The molecule has 0 aromatic carbocycles. The Labute approximate surface area is 85.9 Å². The fourth-order valence-electron chi connectivity index (χ4n) is 1.92. The second-order valence-corrected chi connectivity index (χ2v) is 3.88. The molecule has 0 N–H and O–H groups in total. The molecule has 1 fully saturated rings. The van der Waals surface area contributed by atoms with Crippen molar-refractivity contribution in [2.24, 2.45) is 4.99 Å². The summed E-state index contributed by atoms with van der Waals surface area (Å²) < 4.78 is 37.2. The third-order valence-electron chi connectivity index (χ3n) is 2.66. The summed E-state index contributed by atoms with van der Waals surface area (Å²) in [6.45, 7) is 2.99. The zero-order chi connectivity index (χ0) is 11.2. The molecule has 15 heavy (non-hydrogen) atoms. The van der Waals surface area contributed by atoms with E-state index in [0.717, 1.165) is 12.6 Å². The van der Waals surface area contributed by atoms with Crippen LogP contribution in [0.4, 0.5) is 13.2 Å². The maximum absolute atomic E-state index is 12.4. The lowest BCUT2D eigenvalue weighted by Gasteiger charge is -2.26. The highest BCUT2D eigenvalue weighted by Gasteiger charge is 2.39. The molecule has 0 aromatic rings. The molecule has 0 amide bonds. The Balaban J connectivity index is 2.28. The van der Waals surface area contributed by atoms with Crippen molar-refractivity contribution >= 4 is 5.96 Å². The minimum atomic E-state index is -4.34. The molecule has 1 atom stereocenters. The van der Waals surface area contributed by atoms with E-state index < -0.39 is 11.9 Å². The molecule has 1 saturated heterocycles. The number of halogens is 3. The van der Waals surface area contributed by atoms with Crippen molar-refractivity contribution in [2.45, 2.75) is 19.1 Å². The molecule has 6 heteroatoms. The summed E-state index contributed by atoms with van der Waals surface area (Å²) >= 11 is 0. The first-order valence-electron chi connectivity index (χ1n) is 4.73. The fourth-order valence-corrected chi connectivity index (χ4v) is 1.92. The lowest BCUT2D eigenvalue weighted by atomic mass is 10.3. The zero-order valence-corrected chi connectivity index (χ0v) is 8.54. The molecule has 0 aromatic heterocycles. The second-order valence-electron chi connectivity index (χ2n) is 3.88. The number of hydrogen-bond acceptors (Lipinski definition) is 3. The van der Waals surface area contributed by atoms with Crippen LogP contribution in [0.5, 0.6) is 0 Å². The van der Waals surface area contributed by atoms with Crippen molar-refractivity contribution in [1.82, 2.24) is 9.80 Å². The van der Waals surface area contributed by atoms with Gasteiger partial charge in [-0.05, 0) is 13.0 Å². The molecule has 2 aliphatic rings. The highest BCUT2D eigenvalue weighted by Crippen LogP contribution is 2.30. The minimum Gasteiger partial charge on any atom is -0.344 e. The molecular weight excluding hydrogens is 207 g/mol. The number of rotatable bonds is 0. The first kappa shape index (κ1) is 10.3. The normalized spacial score (nSPS) is 26.3. The van der Waals surface area contributed by atoms with Crippen LogP contribution in [0.1, 0.15) is 6.92 Å². The van der Waals surface area contributed by atoms with Crippen LogP contribution in [-0.4, -0.2) is 48.1 Å². The molecule has 0 spiro atoms. The Bertz CT molecular complexity index is 332. The van der Waals surface area contributed by atoms with E-state index in [1.807, 2.05) is 11.8 Å². The van der Waals surface area contributed by atoms with Crippen LogP contribution in [-0.2, 0) is 0 Å². The van der Waals surface area contributed by atoms with Crippen LogP contribution in [0.2, 0.25) is 0 Å². The van der Waals surface area contributed by atoms with E-state index in [0.29, 0.717) is 12.5 Å². The quantitative estimate of drug-likeness (QED) is 0.614. The highest BCUT2D eigenvalue weighted by molar-refractivity contribution is 5.84. The number of likely N-dealkylation sites (N-methyl/N-ethyl adjacent to an activating group) is 1. The third kappa shape index (κ3) is 1.68. The van der Waals surface area contributed by atoms with Gasteiger partial charge in [0.1, 0.15) is 5.70 Å². The number of allylic oxidation sites excluding steroid dienone is 1. The monoisotopic (exact) mass is 219 g/mol. The maximum atomic E-state index is 12.4. The van der Waals surface area contributed by atoms with Gasteiger partial charge in [-0.25, -0.2) is 4.99 Å². The van der Waals surface area contributed by atoms with E-state index in [1.54, 1.807) is 11.9 Å². The molecule has 0 radical (unpaired) electrons. The van der Waals surface area contributed by atoms with E-state index in [4.69, 9.17) is 0 Å². The van der Waals surface area contributed by atoms with Crippen LogP contribution in [0.25, 0.3) is 0 Å². The Morgan fingerprint density at radius 2 is 2.13 bits per heavy atom. The Kier molecular flexibility index (Phi) is 2.17. The average Bonchev–Trinajstić information content (AvgIpc) is 2.41. The van der Waals surface area contributed by atoms with Gasteiger partial charge in [0.25, 0.3) is 0 Å². The largest absolute Gasteiger partial charge is 0.433 e. The van der Waals surface area contributed by atoms with Crippen molar-refractivity contribution in [3.8, 4) is 0 Å². The standard InChI is InChI=1S/C9H12F3N3/c1-6-5-14(2)8-13-7(9(10,11)12)3-4-15(6)8/h3,6H,4-5H2,1-2H3. The number of aliphatic imine (C=N–C) groups is 1. The Morgan fingerprint density at radius 1 is 1.47 bits per heavy atom. The predicted octanol–water partition coefficient (Wildman–Crippen LogP) is 1.44. The van der Waals surface area contributed by atoms with Crippen LogP contribution in [0, 0.1) is 0 Å². The number of nitrogens with zero attached hydrogens (tertiary/aromatic N) is 3. The number of guanidine groups is 1. The molecule has 1 unspecified atom stereocenters. The van der Waals surface area contributed by atoms with Crippen LogP contribution in [0.15, 0.2) is 16.8 Å². The van der Waals surface area contributed by atoms with Gasteiger partial charge in [0.05, 0.1) is 0 Å². The molecule has 2 aliphatic heterocycles. The van der Waals surface area contributed by atoms with Crippen LogP contribution in [0.3, 0.4) is 0 Å². The van der Waals surface area contributed by atoms with E-state index in [9.17, 15) is 13.2 Å². The number of hydrogen-bond donors (Lipinski definition) is 0. The Morgan fingerprint density at radius 3 is 2.73 bits per heavy atom. The highest BCUT2D eigenvalue weighted by atomic mass is 19.4. The lowest BCUT2D eigenvalue weighted by molar-refractivity contribution is -0.0931. The topological polar surface area (TPSA) is 18.8 Å². The summed E-state index contributed by atoms with van der Waals surface area (Å²) in [4.78, 5) is 7.27. The van der Waals surface area contributed by atoms with Gasteiger partial charge >= 0.3 is 6.18 Å². The fraction of sp³-hybridized carbons (Fsp3) is 0.667. The summed E-state index contributed by atoms with van der Waals surface area (Å²) in [6.07, 6.45) is -3.20. The summed E-state index contributed by atoms with van der Waals surface area (Å²) in [5, 5.41) is 0. The average molecular weight is 219 g/mol. The van der Waals surface area contributed by atoms with Crippen LogP contribution >= 0.6 is 0 Å². The van der Waals surface area contributed by atoms with Gasteiger partial charge in [-0.2, -0.15) is 13.2 Å². The van der Waals surface area contributed by atoms with Crippen molar-refractivity contribution in [3.05, 3.63) is 11.8 Å². The molecule has 0 saturated carbocycles. The first-order chi connectivity index (χ1) is 6.89. The van der Waals surface area contributed by atoms with Crippen molar-refractivity contribution < 1.29 is 13.2 Å². The van der Waals surface area contributed by atoms with Crippen LogP contribution < -0.4 is 0 Å². The summed E-state index contributed by atoms with van der Waals surface area (Å²) in [5.74, 6) is 0.428. The molecular formula is C9H12F3N3. The van der Waals surface area contributed by atoms with Gasteiger partial charge in [0.15, 0.2) is 0 Å². The van der Waals surface area contributed by atoms with Crippen molar-refractivity contribution in [1.29, 1.82) is 0 Å². The first-order valence-corrected chi connectivity index (χ1v) is 4.73. The van der Waals surface area contributed by atoms with E-state index >= 15 is 0 Å². The van der Waals surface area contributed by atoms with Gasteiger partial charge < -0.3 is 9.80 Å². The second kappa shape index (κ2) is 3.15. The van der Waals surface area contributed by atoms with Crippen molar-refractivity contribution in [3.63, 3.8) is 0 Å². The van der Waals surface area contributed by atoms with E-state index in [2.05, 4.69) is 4.99 Å². The number of fused-ring (bicyclic) bond motifs is 1. The zero-order valence-electron chi connectivity index (χ0n) is 8.54. The smallest absolute Gasteiger partial charge is 0.344 e. The van der Waals surface area contributed by atoms with Gasteiger partial charge in [-0.3, -0.25) is 0 Å². The Hall–Kier alpha value is -1.20. The molecule has 3 nitrogen and oxygen atoms in total. The van der Waals surface area contributed by atoms with E-state index in [1.165, 1.54) is 0 Å². The predicted molar refractivity (Wildman–Crippen MR) is 50.4 cm³/mol. The van der Waals surface area contributed by atoms with Crippen molar-refractivity contribution in [2.75, 3.05) is 20.1 Å². The molecule has 0 aliphatic carbocycles.